The molecule has 0 unspecified atom stereocenters. The van der Waals surface area contributed by atoms with Gasteiger partial charge in [0.15, 0.2) is 17.0 Å². The zero-order valence-electron chi connectivity index (χ0n) is 21.5. The van der Waals surface area contributed by atoms with Gasteiger partial charge in [0, 0.05) is 34.9 Å². The van der Waals surface area contributed by atoms with Crippen LogP contribution in [-0.4, -0.2) is 42.7 Å². The number of hydrogen-bond donors (Lipinski definition) is 4. The van der Waals surface area contributed by atoms with Gasteiger partial charge in [0.05, 0.1) is 12.4 Å². The summed E-state index contributed by atoms with van der Waals surface area (Å²) >= 11 is 0. The Morgan fingerprint density at radius 1 is 1.03 bits per heavy atom. The van der Waals surface area contributed by atoms with Crippen molar-refractivity contribution >= 4 is 40.2 Å². The number of rotatable bonds is 6. The molecule has 194 valence electrons. The molecule has 9 heteroatoms. The number of nitrogens with zero attached hydrogens (tertiary/aromatic N) is 4. The van der Waals surface area contributed by atoms with Crippen LogP contribution in [0.3, 0.4) is 0 Å². The van der Waals surface area contributed by atoms with E-state index in [1.54, 1.807) is 12.4 Å². The van der Waals surface area contributed by atoms with E-state index >= 15 is 0 Å². The molecule has 4 aromatic rings. The molecule has 1 aliphatic carbocycles. The Balaban J connectivity index is 1.37. The van der Waals surface area contributed by atoms with Crippen molar-refractivity contribution in [1.82, 2.24) is 19.5 Å². The molecule has 0 bridgehead atoms. The molecule has 38 heavy (non-hydrogen) atoms. The molecule has 1 amide bonds. The maximum Gasteiger partial charge on any atom is 0.300 e. The highest BCUT2D eigenvalue weighted by Gasteiger charge is 2.22. The van der Waals surface area contributed by atoms with E-state index in [9.17, 15) is 9.90 Å². The fourth-order valence-electron chi connectivity index (χ4n) is 4.47. The van der Waals surface area contributed by atoms with Gasteiger partial charge in [0.1, 0.15) is 0 Å². The van der Waals surface area contributed by atoms with Gasteiger partial charge in [0.2, 0.25) is 5.95 Å². The number of aliphatic hydroxyl groups is 1. The molecule has 0 atom stereocenters. The predicted octanol–water partition coefficient (Wildman–Crippen LogP) is 4.86. The first kappa shape index (κ1) is 25.2. The lowest BCUT2D eigenvalue weighted by Crippen LogP contribution is -2.29. The third-order valence-corrected chi connectivity index (χ3v) is 6.49. The molecule has 0 saturated heterocycles. The van der Waals surface area contributed by atoms with Gasteiger partial charge in [-0.2, -0.15) is 9.97 Å². The lowest BCUT2D eigenvalue weighted by Gasteiger charge is -2.26. The molecular formula is C29H31N7O2. The van der Waals surface area contributed by atoms with E-state index < -0.39 is 5.91 Å². The van der Waals surface area contributed by atoms with Crippen LogP contribution >= 0.6 is 0 Å². The number of aromatic nitrogens is 4. The van der Waals surface area contributed by atoms with Crippen molar-refractivity contribution in [2.45, 2.75) is 57.7 Å². The number of amides is 1. The average molecular weight is 510 g/mol. The molecule has 0 spiro atoms. The van der Waals surface area contributed by atoms with Crippen LogP contribution in [0, 0.1) is 11.8 Å². The van der Waals surface area contributed by atoms with E-state index in [1.165, 1.54) is 0 Å². The molecular weight excluding hydrogens is 478 g/mol. The minimum Gasteiger partial charge on any atom is -0.393 e. The van der Waals surface area contributed by atoms with Crippen LogP contribution in [-0.2, 0) is 4.79 Å². The summed E-state index contributed by atoms with van der Waals surface area (Å²) in [4.78, 5) is 26.5. The number of carbonyl (C=O) groups excluding carboxylic acids is 1. The zero-order valence-corrected chi connectivity index (χ0v) is 21.5. The van der Waals surface area contributed by atoms with Crippen LogP contribution in [0.1, 0.15) is 51.1 Å². The van der Waals surface area contributed by atoms with E-state index in [2.05, 4.69) is 46.6 Å². The predicted molar refractivity (Wildman–Crippen MR) is 149 cm³/mol. The molecule has 2 aromatic carbocycles. The Morgan fingerprint density at radius 2 is 1.79 bits per heavy atom. The quantitative estimate of drug-likeness (QED) is 0.274. The summed E-state index contributed by atoms with van der Waals surface area (Å²) < 4.78 is 2.01. The molecule has 0 radical (unpaired) electrons. The van der Waals surface area contributed by atoms with E-state index in [1.807, 2.05) is 53.1 Å². The number of hydrogen-bond acceptors (Lipinski definition) is 7. The molecule has 4 N–H and O–H groups in total. The summed E-state index contributed by atoms with van der Waals surface area (Å²) in [6.45, 7) is 4.16. The average Bonchev–Trinajstić information content (AvgIpc) is 3.34. The summed E-state index contributed by atoms with van der Waals surface area (Å²) in [6.07, 6.45) is 4.81. The summed E-state index contributed by atoms with van der Waals surface area (Å²) in [5.74, 6) is 6.19. The molecule has 2 aromatic heterocycles. The van der Waals surface area contributed by atoms with Gasteiger partial charge in [0.25, 0.3) is 0 Å². The molecule has 0 aliphatic heterocycles. The number of carbonyl (C=O) groups is 1. The van der Waals surface area contributed by atoms with E-state index in [0.717, 1.165) is 42.6 Å². The van der Waals surface area contributed by atoms with Crippen molar-refractivity contribution in [3.8, 4) is 11.8 Å². The number of imidazole rings is 1. The Labute approximate surface area is 221 Å². The van der Waals surface area contributed by atoms with E-state index in [4.69, 9.17) is 9.97 Å². The van der Waals surface area contributed by atoms with Gasteiger partial charge in [-0.1, -0.05) is 30.2 Å². The summed E-state index contributed by atoms with van der Waals surface area (Å²) in [6, 6.07) is 17.1. The fourth-order valence-corrected chi connectivity index (χ4v) is 4.47. The van der Waals surface area contributed by atoms with Crippen molar-refractivity contribution in [3.63, 3.8) is 0 Å². The van der Waals surface area contributed by atoms with Crippen LogP contribution in [0.4, 0.5) is 23.1 Å². The Hall–Kier alpha value is -4.42. The SMILES string of the molecule is CC(C)n1cnc2c(Nc3cccc(NC(=O)C#Cc4ccccc4)c3)nc(NC3CCC(O)CC3)nc21. The Kier molecular flexibility index (Phi) is 7.52. The van der Waals surface area contributed by atoms with E-state index in [-0.39, 0.29) is 18.2 Å². The monoisotopic (exact) mass is 509 g/mol. The number of benzene rings is 2. The fraction of sp³-hybridized carbons (Fsp3) is 0.310. The molecule has 1 saturated carbocycles. The third kappa shape index (κ3) is 6.10. The topological polar surface area (TPSA) is 117 Å². The van der Waals surface area contributed by atoms with Crippen LogP contribution in [0.15, 0.2) is 60.9 Å². The van der Waals surface area contributed by atoms with E-state index in [0.29, 0.717) is 23.0 Å². The normalized spacial score (nSPS) is 17.1. The van der Waals surface area contributed by atoms with Crippen molar-refractivity contribution in [1.29, 1.82) is 0 Å². The smallest absolute Gasteiger partial charge is 0.300 e. The first-order chi connectivity index (χ1) is 18.4. The molecule has 1 fully saturated rings. The zero-order chi connectivity index (χ0) is 26.5. The van der Waals surface area contributed by atoms with Crippen LogP contribution in [0.2, 0.25) is 0 Å². The van der Waals surface area contributed by atoms with Gasteiger partial charge in [-0.3, -0.25) is 4.79 Å². The minimum atomic E-state index is -0.393. The largest absolute Gasteiger partial charge is 0.393 e. The maximum absolute atomic E-state index is 12.4. The Morgan fingerprint density at radius 3 is 2.55 bits per heavy atom. The number of anilines is 4. The summed E-state index contributed by atoms with van der Waals surface area (Å²) in [7, 11) is 0. The highest BCUT2D eigenvalue weighted by atomic mass is 16.3. The van der Waals surface area contributed by atoms with Gasteiger partial charge >= 0.3 is 5.91 Å². The van der Waals surface area contributed by atoms with Crippen molar-refractivity contribution in [3.05, 3.63) is 66.5 Å². The van der Waals surface area contributed by atoms with Crippen molar-refractivity contribution < 1.29 is 9.90 Å². The molecule has 2 heterocycles. The van der Waals surface area contributed by atoms with Gasteiger partial charge in [-0.25, -0.2) is 4.98 Å². The Bertz CT molecular complexity index is 1480. The highest BCUT2D eigenvalue weighted by molar-refractivity contribution is 6.04. The first-order valence-electron chi connectivity index (χ1n) is 12.9. The van der Waals surface area contributed by atoms with Crippen LogP contribution in [0.25, 0.3) is 11.2 Å². The lowest BCUT2D eigenvalue weighted by molar-refractivity contribution is -0.111. The van der Waals surface area contributed by atoms with Gasteiger partial charge < -0.3 is 25.6 Å². The number of fused-ring (bicyclic) bond motifs is 1. The second kappa shape index (κ2) is 11.3. The third-order valence-electron chi connectivity index (χ3n) is 6.49. The minimum absolute atomic E-state index is 0.177. The number of nitrogens with one attached hydrogen (secondary N) is 3. The maximum atomic E-state index is 12.4. The van der Waals surface area contributed by atoms with Crippen LogP contribution in [0.5, 0.6) is 0 Å². The highest BCUT2D eigenvalue weighted by Crippen LogP contribution is 2.28. The van der Waals surface area contributed by atoms with Crippen LogP contribution < -0.4 is 16.0 Å². The molecule has 9 nitrogen and oxygen atoms in total. The van der Waals surface area contributed by atoms with Gasteiger partial charge in [-0.05, 0) is 69.9 Å². The summed E-state index contributed by atoms with van der Waals surface area (Å²) in [5, 5.41) is 19.5. The first-order valence-corrected chi connectivity index (χ1v) is 12.9. The number of aliphatic hydroxyl groups excluding tert-OH is 1. The van der Waals surface area contributed by atoms with Gasteiger partial charge in [-0.15, -0.1) is 0 Å². The standard InChI is InChI=1S/C29H31N7O2/c1-19(2)36-18-30-26-27(34-29(35-28(26)36)33-21-12-14-24(37)15-13-21)32-23-10-6-9-22(17-23)31-25(38)16-11-20-7-4-3-5-8-20/h3-10,17-19,21,24,37H,12-15H2,1-2H3,(H,31,38)(H2,32,33,34,35). The lowest BCUT2D eigenvalue weighted by atomic mass is 9.93. The molecule has 5 rings (SSSR count). The summed E-state index contributed by atoms with van der Waals surface area (Å²) in [5.41, 5.74) is 3.52. The van der Waals surface area contributed by atoms with Crippen molar-refractivity contribution in [2.24, 2.45) is 0 Å². The second-order valence-corrected chi connectivity index (χ2v) is 9.74. The molecule has 1 aliphatic rings. The van der Waals surface area contributed by atoms with Crippen molar-refractivity contribution in [2.75, 3.05) is 16.0 Å². The second-order valence-electron chi connectivity index (χ2n) is 9.74.